The first-order valence-corrected chi connectivity index (χ1v) is 24.0. The number of phosphoric ester groups is 1. The van der Waals surface area contributed by atoms with Gasteiger partial charge in [-0.3, -0.25) is 13.8 Å². The van der Waals surface area contributed by atoms with Crippen LogP contribution in [0, 0.1) is 0 Å². The van der Waals surface area contributed by atoms with Crippen LogP contribution >= 0.6 is 7.82 Å². The molecule has 0 rings (SSSR count). The van der Waals surface area contributed by atoms with Gasteiger partial charge in [-0.15, -0.1) is 0 Å². The number of carbonyl (C=O) groups excluding carboxylic acids is 1. The largest absolute Gasteiger partial charge is 0.472 e. The maximum Gasteiger partial charge on any atom is 0.472 e. The molecule has 0 aromatic carbocycles. The maximum absolute atomic E-state index is 12.6. The molecule has 0 heterocycles. The van der Waals surface area contributed by atoms with Crippen LogP contribution in [0.3, 0.4) is 0 Å². The molecule has 0 saturated heterocycles. The standard InChI is InChI=1S/C45H86NO7P/c1-3-5-7-9-11-13-15-17-19-20-21-22-23-24-25-26-28-30-32-34-36-38-45(47)53-44(43-52-54(48,49)51-41-39-46)42-50-40-37-35-33-31-29-27-18-16-14-12-10-8-6-4-2/h6,8,12,14,18,27,44H,3-5,7,9-11,13,15-17,19-26,28-43,46H2,1-2H3,(H,48,49)/b8-6-,14-12-,27-18-. The Morgan fingerprint density at radius 1 is 0.574 bits per heavy atom. The van der Waals surface area contributed by atoms with Crippen LogP contribution in [-0.2, 0) is 27.9 Å². The molecule has 0 aromatic heterocycles. The summed E-state index contributed by atoms with van der Waals surface area (Å²) < 4.78 is 33.4. The van der Waals surface area contributed by atoms with E-state index < -0.39 is 13.9 Å². The summed E-state index contributed by atoms with van der Waals surface area (Å²) in [5.74, 6) is -0.336. The number of nitrogens with two attached hydrogens (primary N) is 1. The van der Waals surface area contributed by atoms with E-state index in [-0.39, 0.29) is 32.3 Å². The molecule has 318 valence electrons. The molecule has 2 unspecified atom stereocenters. The molecule has 54 heavy (non-hydrogen) atoms. The van der Waals surface area contributed by atoms with Crippen molar-refractivity contribution in [1.82, 2.24) is 0 Å². The molecule has 8 nitrogen and oxygen atoms in total. The predicted octanol–water partition coefficient (Wildman–Crippen LogP) is 13.4. The average molecular weight is 784 g/mol. The summed E-state index contributed by atoms with van der Waals surface area (Å²) in [5.41, 5.74) is 5.37. The van der Waals surface area contributed by atoms with Crippen molar-refractivity contribution in [2.75, 3.05) is 33.0 Å². The zero-order valence-corrected chi connectivity index (χ0v) is 36.1. The molecule has 2 atom stereocenters. The summed E-state index contributed by atoms with van der Waals surface area (Å²) >= 11 is 0. The molecule has 0 aliphatic carbocycles. The maximum atomic E-state index is 12.6. The van der Waals surface area contributed by atoms with Gasteiger partial charge in [-0.25, -0.2) is 4.57 Å². The van der Waals surface area contributed by atoms with E-state index in [0.717, 1.165) is 70.6 Å². The number of hydrogen-bond acceptors (Lipinski definition) is 7. The first-order valence-electron chi connectivity index (χ1n) is 22.5. The van der Waals surface area contributed by atoms with Crippen LogP contribution in [0.1, 0.15) is 206 Å². The summed E-state index contributed by atoms with van der Waals surface area (Å²) in [5, 5.41) is 0. The fourth-order valence-corrected chi connectivity index (χ4v) is 7.07. The van der Waals surface area contributed by atoms with Crippen molar-refractivity contribution in [3.8, 4) is 0 Å². The molecule has 3 N–H and O–H groups in total. The van der Waals surface area contributed by atoms with E-state index in [0.29, 0.717) is 13.0 Å². The molecule has 0 saturated carbocycles. The van der Waals surface area contributed by atoms with Crippen LogP contribution < -0.4 is 5.73 Å². The van der Waals surface area contributed by atoms with Crippen molar-refractivity contribution < 1.29 is 32.8 Å². The minimum Gasteiger partial charge on any atom is -0.457 e. The Hall–Kier alpha value is -1.28. The summed E-state index contributed by atoms with van der Waals surface area (Å²) in [6, 6.07) is 0. The third-order valence-electron chi connectivity index (χ3n) is 9.57. The average Bonchev–Trinajstić information content (AvgIpc) is 3.16. The van der Waals surface area contributed by atoms with Crippen molar-refractivity contribution in [1.29, 1.82) is 0 Å². The van der Waals surface area contributed by atoms with Crippen molar-refractivity contribution in [2.45, 2.75) is 213 Å². The van der Waals surface area contributed by atoms with Gasteiger partial charge in [0.1, 0.15) is 6.10 Å². The quantitative estimate of drug-likeness (QED) is 0.0272. The van der Waals surface area contributed by atoms with Crippen LogP contribution in [0.25, 0.3) is 0 Å². The van der Waals surface area contributed by atoms with Crippen LogP contribution in [0.15, 0.2) is 36.5 Å². The van der Waals surface area contributed by atoms with E-state index >= 15 is 0 Å². The Balaban J connectivity index is 3.97. The number of carbonyl (C=O) groups is 1. The zero-order valence-electron chi connectivity index (χ0n) is 35.2. The first kappa shape index (κ1) is 52.7. The monoisotopic (exact) mass is 784 g/mol. The lowest BCUT2D eigenvalue weighted by Crippen LogP contribution is -2.28. The highest BCUT2D eigenvalue weighted by Gasteiger charge is 2.25. The topological polar surface area (TPSA) is 117 Å². The van der Waals surface area contributed by atoms with Crippen LogP contribution in [-0.4, -0.2) is 49.9 Å². The molecular weight excluding hydrogens is 697 g/mol. The molecule has 0 aromatic rings. The number of hydrogen-bond donors (Lipinski definition) is 2. The molecule has 0 fully saturated rings. The number of esters is 1. The van der Waals surface area contributed by atoms with Crippen molar-refractivity contribution in [3.63, 3.8) is 0 Å². The number of phosphoric acid groups is 1. The molecule has 0 spiro atoms. The highest BCUT2D eigenvalue weighted by molar-refractivity contribution is 7.47. The molecular formula is C45H86NO7P. The second kappa shape index (κ2) is 42.9. The number of allylic oxidation sites excluding steroid dienone is 6. The summed E-state index contributed by atoms with van der Waals surface area (Å²) in [6.07, 6.45) is 48.9. The third kappa shape index (κ3) is 41.9. The van der Waals surface area contributed by atoms with E-state index in [4.69, 9.17) is 24.3 Å². The lowest BCUT2D eigenvalue weighted by Gasteiger charge is -2.20. The molecule has 0 aliphatic heterocycles. The van der Waals surface area contributed by atoms with Gasteiger partial charge in [0, 0.05) is 19.6 Å². The fraction of sp³-hybridized carbons (Fsp3) is 0.844. The van der Waals surface area contributed by atoms with Crippen molar-refractivity contribution >= 4 is 13.8 Å². The van der Waals surface area contributed by atoms with Gasteiger partial charge >= 0.3 is 13.8 Å². The van der Waals surface area contributed by atoms with E-state index in [1.807, 2.05) is 0 Å². The zero-order chi connectivity index (χ0) is 39.5. The summed E-state index contributed by atoms with van der Waals surface area (Å²) in [6.45, 7) is 4.78. The highest BCUT2D eigenvalue weighted by Crippen LogP contribution is 2.43. The van der Waals surface area contributed by atoms with Gasteiger partial charge in [-0.2, -0.15) is 0 Å². The van der Waals surface area contributed by atoms with Crippen LogP contribution in [0.5, 0.6) is 0 Å². The van der Waals surface area contributed by atoms with Crippen molar-refractivity contribution in [3.05, 3.63) is 36.5 Å². The Bertz CT molecular complexity index is 926. The van der Waals surface area contributed by atoms with Gasteiger partial charge in [-0.1, -0.05) is 192 Å². The summed E-state index contributed by atoms with van der Waals surface area (Å²) in [7, 11) is -4.28. The minimum atomic E-state index is -4.28. The fourth-order valence-electron chi connectivity index (χ4n) is 6.31. The van der Waals surface area contributed by atoms with Gasteiger partial charge in [0.05, 0.1) is 19.8 Å². The Morgan fingerprint density at radius 2 is 1.04 bits per heavy atom. The Kier molecular flexibility index (Phi) is 41.8. The van der Waals surface area contributed by atoms with E-state index in [9.17, 15) is 14.3 Å². The molecule has 0 amide bonds. The lowest BCUT2D eigenvalue weighted by atomic mass is 10.0. The Labute approximate surface area is 333 Å². The second-order valence-corrected chi connectivity index (χ2v) is 16.3. The first-order chi connectivity index (χ1) is 26.4. The van der Waals surface area contributed by atoms with E-state index in [2.05, 4.69) is 50.3 Å². The molecule has 0 bridgehead atoms. The van der Waals surface area contributed by atoms with Gasteiger partial charge in [-0.05, 0) is 44.9 Å². The molecule has 0 aliphatic rings. The SMILES string of the molecule is CC/C=C\C/C=C\C/C=C\CCCCCCOCC(COP(=O)(O)OCCN)OC(=O)CCCCCCCCCCCCCCCCCCCCCCC. The van der Waals surface area contributed by atoms with Gasteiger partial charge in [0.2, 0.25) is 0 Å². The number of ether oxygens (including phenoxy) is 2. The summed E-state index contributed by atoms with van der Waals surface area (Å²) in [4.78, 5) is 22.5. The van der Waals surface area contributed by atoms with Crippen molar-refractivity contribution in [2.24, 2.45) is 5.73 Å². The normalized spacial score (nSPS) is 13.8. The number of unbranched alkanes of at least 4 members (excludes halogenated alkanes) is 24. The third-order valence-corrected chi connectivity index (χ3v) is 10.6. The molecule has 9 heteroatoms. The predicted molar refractivity (Wildman–Crippen MR) is 229 cm³/mol. The van der Waals surface area contributed by atoms with Crippen LogP contribution in [0.4, 0.5) is 0 Å². The van der Waals surface area contributed by atoms with Gasteiger partial charge in [0.15, 0.2) is 0 Å². The minimum absolute atomic E-state index is 0.0970. The smallest absolute Gasteiger partial charge is 0.457 e. The van der Waals surface area contributed by atoms with E-state index in [1.165, 1.54) is 116 Å². The molecule has 0 radical (unpaired) electrons. The van der Waals surface area contributed by atoms with E-state index in [1.54, 1.807) is 0 Å². The number of rotatable bonds is 43. The van der Waals surface area contributed by atoms with Gasteiger partial charge in [0.25, 0.3) is 0 Å². The Morgan fingerprint density at radius 3 is 1.56 bits per heavy atom. The lowest BCUT2D eigenvalue weighted by molar-refractivity contribution is -0.154. The highest BCUT2D eigenvalue weighted by atomic mass is 31.2. The van der Waals surface area contributed by atoms with Gasteiger partial charge < -0.3 is 20.1 Å². The second-order valence-electron chi connectivity index (χ2n) is 14.9. The van der Waals surface area contributed by atoms with Crippen LogP contribution in [0.2, 0.25) is 0 Å².